The summed E-state index contributed by atoms with van der Waals surface area (Å²) in [4.78, 5) is 13.9. The van der Waals surface area contributed by atoms with Gasteiger partial charge in [-0.3, -0.25) is 4.79 Å². The average Bonchev–Trinajstić information content (AvgIpc) is 2.42. The zero-order valence-corrected chi connectivity index (χ0v) is 11.9. The Labute approximate surface area is 115 Å². The quantitative estimate of drug-likeness (QED) is 0.771. The number of aryl methyl sites for hydroxylation is 2. The van der Waals surface area contributed by atoms with Gasteiger partial charge in [0.2, 0.25) is 5.91 Å². The summed E-state index contributed by atoms with van der Waals surface area (Å²) in [6, 6.07) is 8.29. The number of benzene rings is 1. The molecule has 0 spiro atoms. The molecule has 0 bridgehead atoms. The highest BCUT2D eigenvalue weighted by Crippen LogP contribution is 2.07. The van der Waals surface area contributed by atoms with E-state index in [1.54, 1.807) is 12.0 Å². The van der Waals surface area contributed by atoms with Gasteiger partial charge in [-0.05, 0) is 18.9 Å². The second-order valence-electron chi connectivity index (χ2n) is 4.65. The van der Waals surface area contributed by atoms with Crippen LogP contribution >= 0.6 is 0 Å². The largest absolute Gasteiger partial charge is 0.383 e. The van der Waals surface area contributed by atoms with Crippen molar-refractivity contribution < 1.29 is 9.53 Å². The van der Waals surface area contributed by atoms with Crippen molar-refractivity contribution in [3.8, 4) is 0 Å². The highest BCUT2D eigenvalue weighted by Gasteiger charge is 2.12. The maximum atomic E-state index is 12.1. The van der Waals surface area contributed by atoms with Crippen LogP contribution in [0.4, 0.5) is 0 Å². The Hall–Kier alpha value is -1.39. The lowest BCUT2D eigenvalue weighted by Gasteiger charge is -2.21. The number of hydrogen-bond acceptors (Lipinski definition) is 3. The van der Waals surface area contributed by atoms with Crippen molar-refractivity contribution in [1.82, 2.24) is 4.90 Å². The van der Waals surface area contributed by atoms with Crippen LogP contribution < -0.4 is 5.73 Å². The number of ether oxygens (including phenoxy) is 1. The lowest BCUT2D eigenvalue weighted by Crippen LogP contribution is -2.37. The van der Waals surface area contributed by atoms with Crippen LogP contribution in [0.15, 0.2) is 24.3 Å². The Morgan fingerprint density at radius 3 is 2.53 bits per heavy atom. The number of nitrogens with two attached hydrogens (primary N) is 1. The van der Waals surface area contributed by atoms with Crippen LogP contribution in [0, 0.1) is 6.92 Å². The van der Waals surface area contributed by atoms with E-state index in [2.05, 4.69) is 31.2 Å². The van der Waals surface area contributed by atoms with Gasteiger partial charge in [-0.25, -0.2) is 0 Å². The van der Waals surface area contributed by atoms with Crippen molar-refractivity contribution in [2.75, 3.05) is 33.4 Å². The van der Waals surface area contributed by atoms with Gasteiger partial charge in [-0.15, -0.1) is 0 Å². The zero-order chi connectivity index (χ0) is 14.1. The lowest BCUT2D eigenvalue weighted by atomic mass is 10.1. The molecule has 0 heterocycles. The van der Waals surface area contributed by atoms with Gasteiger partial charge in [-0.2, -0.15) is 0 Å². The normalized spacial score (nSPS) is 10.5. The Balaban J connectivity index is 2.44. The molecule has 4 heteroatoms. The molecule has 1 aromatic rings. The maximum absolute atomic E-state index is 12.1. The fourth-order valence-electron chi connectivity index (χ4n) is 1.88. The van der Waals surface area contributed by atoms with Crippen LogP contribution in [-0.2, 0) is 16.0 Å². The SMILES string of the molecule is COCCN(CCN)C(=O)CCc1ccc(C)cc1. The molecule has 1 aromatic carbocycles. The lowest BCUT2D eigenvalue weighted by molar-refractivity contribution is -0.131. The molecule has 0 fully saturated rings. The molecule has 1 rings (SSSR count). The monoisotopic (exact) mass is 264 g/mol. The molecule has 0 aliphatic heterocycles. The van der Waals surface area contributed by atoms with Crippen LogP contribution in [0.2, 0.25) is 0 Å². The summed E-state index contributed by atoms with van der Waals surface area (Å²) in [5.74, 6) is 0.142. The number of hydrogen-bond donors (Lipinski definition) is 1. The molecular formula is C15H24N2O2. The van der Waals surface area contributed by atoms with Crippen molar-refractivity contribution >= 4 is 5.91 Å². The second kappa shape index (κ2) is 8.67. The van der Waals surface area contributed by atoms with Gasteiger partial charge in [0, 0.05) is 33.2 Å². The number of carbonyl (C=O) groups excluding carboxylic acids is 1. The Morgan fingerprint density at radius 1 is 1.26 bits per heavy atom. The Kier molecular flexibility index (Phi) is 7.15. The third-order valence-corrected chi connectivity index (χ3v) is 3.07. The van der Waals surface area contributed by atoms with Crippen molar-refractivity contribution in [2.24, 2.45) is 5.73 Å². The molecule has 0 saturated heterocycles. The van der Waals surface area contributed by atoms with Crippen molar-refractivity contribution in [2.45, 2.75) is 19.8 Å². The molecule has 4 nitrogen and oxygen atoms in total. The van der Waals surface area contributed by atoms with Crippen LogP contribution in [0.25, 0.3) is 0 Å². The average molecular weight is 264 g/mol. The Bertz CT molecular complexity index is 376. The highest BCUT2D eigenvalue weighted by molar-refractivity contribution is 5.76. The van der Waals surface area contributed by atoms with E-state index in [-0.39, 0.29) is 5.91 Å². The van der Waals surface area contributed by atoms with Crippen LogP contribution in [0.1, 0.15) is 17.5 Å². The van der Waals surface area contributed by atoms with Crippen LogP contribution in [0.3, 0.4) is 0 Å². The summed E-state index contributed by atoms with van der Waals surface area (Å²) in [7, 11) is 1.64. The molecule has 0 aliphatic carbocycles. The number of nitrogens with zero attached hydrogens (tertiary/aromatic N) is 1. The summed E-state index contributed by atoms with van der Waals surface area (Å²) in [5.41, 5.74) is 7.96. The molecule has 19 heavy (non-hydrogen) atoms. The van der Waals surface area contributed by atoms with E-state index in [4.69, 9.17) is 10.5 Å². The van der Waals surface area contributed by atoms with Gasteiger partial charge in [0.05, 0.1) is 6.61 Å². The van der Waals surface area contributed by atoms with E-state index < -0.39 is 0 Å². The first-order valence-electron chi connectivity index (χ1n) is 6.69. The zero-order valence-electron chi connectivity index (χ0n) is 11.9. The van der Waals surface area contributed by atoms with E-state index >= 15 is 0 Å². The first-order chi connectivity index (χ1) is 9.17. The van der Waals surface area contributed by atoms with E-state index in [0.29, 0.717) is 32.7 Å². The van der Waals surface area contributed by atoms with Gasteiger partial charge in [0.1, 0.15) is 0 Å². The minimum absolute atomic E-state index is 0.142. The van der Waals surface area contributed by atoms with E-state index in [1.165, 1.54) is 11.1 Å². The summed E-state index contributed by atoms with van der Waals surface area (Å²) >= 11 is 0. The number of carbonyl (C=O) groups is 1. The van der Waals surface area contributed by atoms with Gasteiger partial charge in [-0.1, -0.05) is 29.8 Å². The van der Waals surface area contributed by atoms with E-state index in [1.807, 2.05) is 0 Å². The minimum Gasteiger partial charge on any atom is -0.383 e. The summed E-state index contributed by atoms with van der Waals surface area (Å²) < 4.78 is 5.01. The smallest absolute Gasteiger partial charge is 0.223 e. The fourth-order valence-corrected chi connectivity index (χ4v) is 1.88. The molecule has 2 N–H and O–H groups in total. The second-order valence-corrected chi connectivity index (χ2v) is 4.65. The summed E-state index contributed by atoms with van der Waals surface area (Å²) in [5, 5.41) is 0. The first-order valence-corrected chi connectivity index (χ1v) is 6.69. The molecular weight excluding hydrogens is 240 g/mol. The maximum Gasteiger partial charge on any atom is 0.223 e. The topological polar surface area (TPSA) is 55.6 Å². The van der Waals surface area contributed by atoms with Crippen molar-refractivity contribution in [3.05, 3.63) is 35.4 Å². The fraction of sp³-hybridized carbons (Fsp3) is 0.533. The molecule has 0 radical (unpaired) electrons. The number of rotatable bonds is 8. The molecule has 0 aromatic heterocycles. The van der Waals surface area contributed by atoms with Crippen molar-refractivity contribution in [3.63, 3.8) is 0 Å². The Morgan fingerprint density at radius 2 is 1.95 bits per heavy atom. The molecule has 0 unspecified atom stereocenters. The number of methoxy groups -OCH3 is 1. The molecule has 1 amide bonds. The van der Waals surface area contributed by atoms with Crippen LogP contribution in [0.5, 0.6) is 0 Å². The van der Waals surface area contributed by atoms with E-state index in [0.717, 1.165) is 6.42 Å². The van der Waals surface area contributed by atoms with Crippen molar-refractivity contribution in [1.29, 1.82) is 0 Å². The molecule has 0 saturated carbocycles. The van der Waals surface area contributed by atoms with Gasteiger partial charge >= 0.3 is 0 Å². The molecule has 0 atom stereocenters. The van der Waals surface area contributed by atoms with Crippen LogP contribution in [-0.4, -0.2) is 44.2 Å². The van der Waals surface area contributed by atoms with Gasteiger partial charge in [0.15, 0.2) is 0 Å². The predicted octanol–water partition coefficient (Wildman–Crippen LogP) is 1.36. The highest BCUT2D eigenvalue weighted by atomic mass is 16.5. The summed E-state index contributed by atoms with van der Waals surface area (Å²) in [6.07, 6.45) is 1.29. The van der Waals surface area contributed by atoms with Gasteiger partial charge in [0.25, 0.3) is 0 Å². The minimum atomic E-state index is 0.142. The van der Waals surface area contributed by atoms with Gasteiger partial charge < -0.3 is 15.4 Å². The first kappa shape index (κ1) is 15.7. The third kappa shape index (κ3) is 5.85. The standard InChI is InChI=1S/C15H24N2O2/c1-13-3-5-14(6-4-13)7-8-15(18)17(10-9-16)11-12-19-2/h3-6H,7-12,16H2,1-2H3. The third-order valence-electron chi connectivity index (χ3n) is 3.07. The summed E-state index contributed by atoms with van der Waals surface area (Å²) in [6.45, 7) is 4.30. The number of amides is 1. The molecule has 106 valence electrons. The molecule has 0 aliphatic rings. The predicted molar refractivity (Wildman–Crippen MR) is 77.0 cm³/mol. The van der Waals surface area contributed by atoms with E-state index in [9.17, 15) is 4.79 Å².